The summed E-state index contributed by atoms with van der Waals surface area (Å²) in [6.45, 7) is 7.96. The number of benzene rings is 1. The van der Waals surface area contributed by atoms with Crippen LogP contribution in [0.15, 0.2) is 29.3 Å². The first-order chi connectivity index (χ1) is 10.8. The minimum atomic E-state index is -0.176. The zero-order chi connectivity index (χ0) is 16.0. The minimum Gasteiger partial charge on any atom is -0.382 e. The minimum absolute atomic E-state index is 0. The molecule has 1 rings (SSSR count). The van der Waals surface area contributed by atoms with Crippen LogP contribution in [0.4, 0.5) is 4.39 Å². The van der Waals surface area contributed by atoms with E-state index in [9.17, 15) is 4.39 Å². The van der Waals surface area contributed by atoms with E-state index in [0.717, 1.165) is 63.6 Å². The smallest absolute Gasteiger partial charge is 0.191 e. The second kappa shape index (κ2) is 14.7. The maximum atomic E-state index is 13.1. The third-order valence-corrected chi connectivity index (χ3v) is 3.09. The van der Waals surface area contributed by atoms with Crippen LogP contribution in [0.1, 0.15) is 32.3 Å². The summed E-state index contributed by atoms with van der Waals surface area (Å²) in [5.74, 6) is 0.656. The lowest BCUT2D eigenvalue weighted by molar-refractivity contribution is 0.145. The summed E-state index contributed by atoms with van der Waals surface area (Å²) < 4.78 is 18.4. The molecule has 0 spiro atoms. The number of nitrogens with one attached hydrogen (secondary N) is 2. The monoisotopic (exact) mass is 437 g/mol. The van der Waals surface area contributed by atoms with E-state index in [1.807, 2.05) is 19.9 Å². The Morgan fingerprint density at radius 2 is 2.04 bits per heavy atom. The number of hydrogen-bond donors (Lipinski definition) is 2. The summed E-state index contributed by atoms with van der Waals surface area (Å²) in [6, 6.07) is 6.75. The SMILES string of the molecule is CCNC(=NCCCc1cccc(F)c1)NCCCOCC.I. The van der Waals surface area contributed by atoms with Crippen LogP contribution in [-0.4, -0.2) is 38.8 Å². The van der Waals surface area contributed by atoms with Crippen LogP contribution >= 0.6 is 24.0 Å². The molecule has 0 heterocycles. The molecule has 1 aromatic carbocycles. The van der Waals surface area contributed by atoms with E-state index in [1.165, 1.54) is 6.07 Å². The van der Waals surface area contributed by atoms with Crippen molar-refractivity contribution in [3.05, 3.63) is 35.6 Å². The van der Waals surface area contributed by atoms with Gasteiger partial charge >= 0.3 is 0 Å². The first-order valence-corrected chi connectivity index (χ1v) is 8.10. The Hall–Kier alpha value is -0.890. The normalized spacial score (nSPS) is 11.0. The highest BCUT2D eigenvalue weighted by atomic mass is 127. The molecule has 0 saturated heterocycles. The van der Waals surface area contributed by atoms with Crippen molar-refractivity contribution in [2.45, 2.75) is 33.1 Å². The van der Waals surface area contributed by atoms with E-state index in [4.69, 9.17) is 4.74 Å². The number of halogens is 2. The number of aryl methyl sites for hydroxylation is 1. The Labute approximate surface area is 156 Å². The van der Waals surface area contributed by atoms with Gasteiger partial charge < -0.3 is 15.4 Å². The Bertz CT molecular complexity index is 444. The van der Waals surface area contributed by atoms with E-state index in [2.05, 4.69) is 15.6 Å². The van der Waals surface area contributed by atoms with Crippen LogP contribution in [0, 0.1) is 5.82 Å². The van der Waals surface area contributed by atoms with Gasteiger partial charge in [-0.3, -0.25) is 4.99 Å². The van der Waals surface area contributed by atoms with Crippen molar-refractivity contribution in [1.82, 2.24) is 10.6 Å². The van der Waals surface area contributed by atoms with E-state index in [-0.39, 0.29) is 29.8 Å². The topological polar surface area (TPSA) is 45.7 Å². The van der Waals surface area contributed by atoms with Crippen LogP contribution in [-0.2, 0) is 11.2 Å². The van der Waals surface area contributed by atoms with Crippen LogP contribution in [0.3, 0.4) is 0 Å². The maximum Gasteiger partial charge on any atom is 0.191 e. The van der Waals surface area contributed by atoms with Crippen LogP contribution < -0.4 is 10.6 Å². The molecule has 0 unspecified atom stereocenters. The Balaban J connectivity index is 0.00000484. The molecule has 0 aliphatic carbocycles. The molecule has 0 radical (unpaired) electrons. The molecule has 0 fully saturated rings. The molecule has 4 nitrogen and oxygen atoms in total. The summed E-state index contributed by atoms with van der Waals surface area (Å²) in [5.41, 5.74) is 1.02. The highest BCUT2D eigenvalue weighted by Crippen LogP contribution is 2.06. The molecule has 0 amide bonds. The van der Waals surface area contributed by atoms with Crippen LogP contribution in [0.25, 0.3) is 0 Å². The van der Waals surface area contributed by atoms with E-state index >= 15 is 0 Å². The van der Waals surface area contributed by atoms with E-state index in [0.29, 0.717) is 0 Å². The number of aliphatic imine (C=N–C) groups is 1. The molecule has 1 aromatic rings. The average Bonchev–Trinajstić information content (AvgIpc) is 2.51. The molecule has 2 N–H and O–H groups in total. The molecular weight excluding hydrogens is 408 g/mol. The fraction of sp³-hybridized carbons (Fsp3) is 0.588. The van der Waals surface area contributed by atoms with Crippen LogP contribution in [0.5, 0.6) is 0 Å². The van der Waals surface area contributed by atoms with Crippen molar-refractivity contribution in [3.8, 4) is 0 Å². The molecular formula is C17H29FIN3O. The van der Waals surface area contributed by atoms with Crippen molar-refractivity contribution in [2.75, 3.05) is 32.8 Å². The number of ether oxygens (including phenoxy) is 1. The van der Waals surface area contributed by atoms with Gasteiger partial charge in [0.2, 0.25) is 0 Å². The molecule has 0 aliphatic heterocycles. The Morgan fingerprint density at radius 1 is 1.22 bits per heavy atom. The molecule has 0 aromatic heterocycles. The summed E-state index contributed by atoms with van der Waals surface area (Å²) in [6.07, 6.45) is 2.70. The lowest BCUT2D eigenvalue weighted by Gasteiger charge is -2.11. The zero-order valence-corrected chi connectivity index (χ0v) is 16.4. The molecule has 132 valence electrons. The number of nitrogens with zero attached hydrogens (tertiary/aromatic N) is 1. The van der Waals surface area contributed by atoms with Crippen molar-refractivity contribution < 1.29 is 9.13 Å². The molecule has 23 heavy (non-hydrogen) atoms. The number of hydrogen-bond acceptors (Lipinski definition) is 2. The fourth-order valence-electron chi connectivity index (χ4n) is 2.03. The molecule has 6 heteroatoms. The van der Waals surface area contributed by atoms with Crippen molar-refractivity contribution >= 4 is 29.9 Å². The Kier molecular flexibility index (Phi) is 14.1. The second-order valence-corrected chi connectivity index (χ2v) is 4.97. The largest absolute Gasteiger partial charge is 0.382 e. The summed E-state index contributed by atoms with van der Waals surface area (Å²) in [5, 5.41) is 6.51. The van der Waals surface area contributed by atoms with Gasteiger partial charge in [-0.1, -0.05) is 12.1 Å². The highest BCUT2D eigenvalue weighted by molar-refractivity contribution is 14.0. The lowest BCUT2D eigenvalue weighted by Crippen LogP contribution is -2.38. The first kappa shape index (κ1) is 22.1. The summed E-state index contributed by atoms with van der Waals surface area (Å²) >= 11 is 0. The lowest BCUT2D eigenvalue weighted by atomic mass is 10.1. The van der Waals surface area contributed by atoms with Gasteiger partial charge in [-0.2, -0.15) is 0 Å². The van der Waals surface area contributed by atoms with Crippen LogP contribution in [0.2, 0.25) is 0 Å². The van der Waals surface area contributed by atoms with Gasteiger partial charge in [-0.25, -0.2) is 4.39 Å². The predicted octanol–water partition coefficient (Wildman–Crippen LogP) is 3.36. The fourth-order valence-corrected chi connectivity index (χ4v) is 2.03. The highest BCUT2D eigenvalue weighted by Gasteiger charge is 1.98. The molecule has 0 atom stereocenters. The van der Waals surface area contributed by atoms with Crippen molar-refractivity contribution in [2.24, 2.45) is 4.99 Å². The number of rotatable bonds is 10. The number of guanidine groups is 1. The molecule has 0 bridgehead atoms. The maximum absolute atomic E-state index is 13.1. The quantitative estimate of drug-likeness (QED) is 0.256. The zero-order valence-electron chi connectivity index (χ0n) is 14.1. The summed E-state index contributed by atoms with van der Waals surface area (Å²) in [4.78, 5) is 4.53. The van der Waals surface area contributed by atoms with Crippen molar-refractivity contribution in [3.63, 3.8) is 0 Å². The average molecular weight is 437 g/mol. The van der Waals surface area contributed by atoms with E-state index < -0.39 is 0 Å². The molecule has 0 saturated carbocycles. The third kappa shape index (κ3) is 11.3. The van der Waals surface area contributed by atoms with Gasteiger partial charge in [0, 0.05) is 32.8 Å². The van der Waals surface area contributed by atoms with Crippen molar-refractivity contribution in [1.29, 1.82) is 0 Å². The predicted molar refractivity (Wildman–Crippen MR) is 105 cm³/mol. The Morgan fingerprint density at radius 3 is 2.74 bits per heavy atom. The standard InChI is InChI=1S/C17H28FN3O.HI/c1-3-19-17(21-12-7-13-22-4-2)20-11-6-9-15-8-5-10-16(18)14-15;/h5,8,10,14H,3-4,6-7,9,11-13H2,1-2H3,(H2,19,20,21);1H. The van der Waals surface area contributed by atoms with Gasteiger partial charge in [-0.05, 0) is 50.8 Å². The van der Waals surface area contributed by atoms with Gasteiger partial charge in [-0.15, -0.1) is 24.0 Å². The molecule has 0 aliphatic rings. The van der Waals surface area contributed by atoms with E-state index in [1.54, 1.807) is 12.1 Å². The van der Waals surface area contributed by atoms with Gasteiger partial charge in [0.15, 0.2) is 5.96 Å². The first-order valence-electron chi connectivity index (χ1n) is 8.10. The van der Waals surface area contributed by atoms with Gasteiger partial charge in [0.1, 0.15) is 5.82 Å². The van der Waals surface area contributed by atoms with Gasteiger partial charge in [0.05, 0.1) is 0 Å². The summed E-state index contributed by atoms with van der Waals surface area (Å²) in [7, 11) is 0. The third-order valence-electron chi connectivity index (χ3n) is 3.09. The second-order valence-electron chi connectivity index (χ2n) is 4.97. The van der Waals surface area contributed by atoms with Gasteiger partial charge in [0.25, 0.3) is 0 Å².